The van der Waals surface area contributed by atoms with Gasteiger partial charge in [-0.25, -0.2) is 4.79 Å². The van der Waals surface area contributed by atoms with Crippen molar-refractivity contribution in [1.82, 2.24) is 4.90 Å². The van der Waals surface area contributed by atoms with Crippen LogP contribution >= 0.6 is 0 Å². The van der Waals surface area contributed by atoms with E-state index in [1.54, 1.807) is 20.8 Å². The third kappa shape index (κ3) is 4.50. The Morgan fingerprint density at radius 2 is 1.54 bits per heavy atom. The Hall–Kier alpha value is -2.19. The summed E-state index contributed by atoms with van der Waals surface area (Å²) in [4.78, 5) is 12.8. The third-order valence-corrected chi connectivity index (χ3v) is 3.55. The summed E-state index contributed by atoms with van der Waals surface area (Å²) in [6.45, 7) is 3.93. The van der Waals surface area contributed by atoms with Gasteiger partial charge in [-0.1, -0.05) is 18.2 Å². The minimum absolute atomic E-state index is 0.292. The lowest BCUT2D eigenvalue weighted by molar-refractivity contribution is -0.138. The second-order valence-corrected chi connectivity index (χ2v) is 6.86. The van der Waals surface area contributed by atoms with Crippen LogP contribution in [0.1, 0.15) is 31.9 Å². The van der Waals surface area contributed by atoms with E-state index in [1.807, 2.05) is 0 Å². The number of nitrogens with zero attached hydrogens (tertiary/aromatic N) is 1. The van der Waals surface area contributed by atoms with Gasteiger partial charge in [0.05, 0.1) is 11.1 Å². The van der Waals surface area contributed by atoms with E-state index in [4.69, 9.17) is 4.74 Å². The Balaban J connectivity index is 2.39. The molecule has 0 bridgehead atoms. The van der Waals surface area contributed by atoms with Gasteiger partial charge in [-0.3, -0.25) is 0 Å². The zero-order valence-electron chi connectivity index (χ0n) is 14.3. The van der Waals surface area contributed by atoms with Gasteiger partial charge in [-0.2, -0.15) is 26.3 Å². The molecule has 1 aliphatic heterocycles. The number of hydrogen-bond donors (Lipinski definition) is 0. The molecule has 1 aliphatic rings. The summed E-state index contributed by atoms with van der Waals surface area (Å²) >= 11 is 0. The number of carbonyl (C=O) groups is 1. The maximum Gasteiger partial charge on any atom is 0.417 e. The van der Waals surface area contributed by atoms with Crippen LogP contribution in [0, 0.1) is 0 Å². The van der Waals surface area contributed by atoms with Gasteiger partial charge in [-0.05, 0) is 38.0 Å². The van der Waals surface area contributed by atoms with E-state index in [-0.39, 0.29) is 5.57 Å². The first-order chi connectivity index (χ1) is 11.7. The fraction of sp³-hybridized carbons (Fsp3) is 0.471. The molecule has 0 saturated carbocycles. The number of likely N-dealkylation sites (tertiary alicyclic amines) is 1. The zero-order valence-corrected chi connectivity index (χ0v) is 14.3. The van der Waals surface area contributed by atoms with Gasteiger partial charge in [0, 0.05) is 13.1 Å². The molecule has 0 unspecified atom stereocenters. The predicted molar refractivity (Wildman–Crippen MR) is 82.2 cm³/mol. The van der Waals surface area contributed by atoms with Crippen molar-refractivity contribution in [1.29, 1.82) is 0 Å². The van der Waals surface area contributed by atoms with E-state index in [9.17, 15) is 31.1 Å². The Bertz CT molecular complexity index is 720. The zero-order chi connectivity index (χ0) is 19.9. The van der Waals surface area contributed by atoms with Crippen LogP contribution in [-0.2, 0) is 10.9 Å². The van der Waals surface area contributed by atoms with E-state index in [0.29, 0.717) is 6.07 Å². The number of hydrogen-bond acceptors (Lipinski definition) is 2. The molecule has 1 fully saturated rings. The van der Waals surface area contributed by atoms with Crippen LogP contribution in [0.2, 0.25) is 0 Å². The van der Waals surface area contributed by atoms with Crippen LogP contribution in [0.4, 0.5) is 31.1 Å². The van der Waals surface area contributed by atoms with Crippen molar-refractivity contribution in [2.45, 2.75) is 38.7 Å². The summed E-state index contributed by atoms with van der Waals surface area (Å²) in [5.41, 5.74) is -4.78. The predicted octanol–water partition coefficient (Wildman–Crippen LogP) is 5.27. The largest absolute Gasteiger partial charge is 0.444 e. The van der Waals surface area contributed by atoms with Crippen LogP contribution in [0.5, 0.6) is 0 Å². The molecule has 0 aliphatic carbocycles. The van der Waals surface area contributed by atoms with Crippen molar-refractivity contribution in [3.63, 3.8) is 0 Å². The first-order valence-corrected chi connectivity index (χ1v) is 7.64. The molecular weight excluding hydrogens is 364 g/mol. The normalized spacial score (nSPS) is 15.6. The van der Waals surface area contributed by atoms with Gasteiger partial charge in [0.1, 0.15) is 5.60 Å². The quantitative estimate of drug-likeness (QED) is 0.620. The summed E-state index contributed by atoms with van der Waals surface area (Å²) in [5.74, 6) is 0. The summed E-state index contributed by atoms with van der Waals surface area (Å²) in [6.07, 6.45) is -10.7. The number of allylic oxidation sites excluding steroid dienone is 1. The fourth-order valence-electron chi connectivity index (χ4n) is 2.52. The van der Waals surface area contributed by atoms with E-state index in [0.717, 1.165) is 23.1 Å². The highest BCUT2D eigenvalue weighted by Crippen LogP contribution is 2.44. The summed E-state index contributed by atoms with van der Waals surface area (Å²) in [6, 6.07) is 3.53. The summed E-state index contributed by atoms with van der Waals surface area (Å²) < 4.78 is 84.8. The minimum Gasteiger partial charge on any atom is -0.444 e. The van der Waals surface area contributed by atoms with E-state index < -0.39 is 53.8 Å². The molecule has 3 nitrogen and oxygen atoms in total. The standard InChI is InChI=1S/C17H17F6NO2/c1-15(2,3)26-14(25)24-8-10(9-24)13(17(21,22)23)11-6-4-5-7-12(11)16(18,19)20/h4-7H,8-9H2,1-3H3. The molecule has 0 radical (unpaired) electrons. The third-order valence-electron chi connectivity index (χ3n) is 3.55. The number of alkyl halides is 6. The van der Waals surface area contributed by atoms with Crippen LogP contribution in [0.15, 0.2) is 29.8 Å². The van der Waals surface area contributed by atoms with Crippen LogP contribution in [0.3, 0.4) is 0 Å². The van der Waals surface area contributed by atoms with Gasteiger partial charge in [0.2, 0.25) is 0 Å². The number of benzene rings is 1. The molecule has 0 atom stereocenters. The molecule has 0 spiro atoms. The van der Waals surface area contributed by atoms with Crippen molar-refractivity contribution in [3.8, 4) is 0 Å². The molecule has 2 rings (SSSR count). The molecule has 1 amide bonds. The first kappa shape index (κ1) is 20.1. The molecule has 1 heterocycles. The number of halogens is 6. The lowest BCUT2D eigenvalue weighted by atomic mass is 9.91. The maximum absolute atomic E-state index is 13.5. The molecule has 9 heteroatoms. The van der Waals surface area contributed by atoms with Gasteiger partial charge >= 0.3 is 18.4 Å². The van der Waals surface area contributed by atoms with Crippen LogP contribution < -0.4 is 0 Å². The molecule has 0 aromatic heterocycles. The van der Waals surface area contributed by atoms with Gasteiger partial charge in [0.25, 0.3) is 0 Å². The lowest BCUT2D eigenvalue weighted by Gasteiger charge is -2.37. The van der Waals surface area contributed by atoms with Crippen molar-refractivity contribution >= 4 is 11.7 Å². The smallest absolute Gasteiger partial charge is 0.417 e. The Labute approximate surface area is 146 Å². The Morgan fingerprint density at radius 3 is 2.00 bits per heavy atom. The number of rotatable bonds is 1. The minimum atomic E-state index is -4.99. The second kappa shape index (κ2) is 6.51. The first-order valence-electron chi connectivity index (χ1n) is 7.64. The summed E-state index contributed by atoms with van der Waals surface area (Å²) in [5, 5.41) is 0. The van der Waals surface area contributed by atoms with Crippen molar-refractivity contribution in [2.24, 2.45) is 0 Å². The van der Waals surface area contributed by atoms with E-state index >= 15 is 0 Å². The number of amides is 1. The highest BCUT2D eigenvalue weighted by molar-refractivity contribution is 5.80. The molecule has 0 N–H and O–H groups in total. The lowest BCUT2D eigenvalue weighted by Crippen LogP contribution is -2.48. The van der Waals surface area contributed by atoms with Gasteiger partial charge < -0.3 is 9.64 Å². The van der Waals surface area contributed by atoms with Crippen molar-refractivity contribution in [2.75, 3.05) is 13.1 Å². The van der Waals surface area contributed by atoms with Crippen molar-refractivity contribution < 1.29 is 35.9 Å². The second-order valence-electron chi connectivity index (χ2n) is 6.86. The average Bonchev–Trinajstić information content (AvgIpc) is 2.37. The van der Waals surface area contributed by atoms with Gasteiger partial charge in [0.15, 0.2) is 0 Å². The van der Waals surface area contributed by atoms with E-state index in [1.165, 1.54) is 0 Å². The molecular formula is C17H17F6NO2. The topological polar surface area (TPSA) is 29.5 Å². The highest BCUT2D eigenvalue weighted by atomic mass is 19.4. The number of carbonyl (C=O) groups excluding carboxylic acids is 1. The number of ether oxygens (including phenoxy) is 1. The SMILES string of the molecule is CC(C)(C)OC(=O)N1CC(=C(c2ccccc2C(F)(F)F)C(F)(F)F)C1. The molecule has 1 saturated heterocycles. The molecule has 144 valence electrons. The maximum atomic E-state index is 13.5. The Kier molecular flexibility index (Phi) is 5.04. The van der Waals surface area contributed by atoms with Crippen LogP contribution in [-0.4, -0.2) is 35.9 Å². The fourth-order valence-corrected chi connectivity index (χ4v) is 2.52. The van der Waals surface area contributed by atoms with Crippen molar-refractivity contribution in [3.05, 3.63) is 41.0 Å². The Morgan fingerprint density at radius 1 is 1.00 bits per heavy atom. The monoisotopic (exact) mass is 381 g/mol. The van der Waals surface area contributed by atoms with E-state index in [2.05, 4.69) is 0 Å². The molecule has 1 aromatic carbocycles. The molecule has 1 aromatic rings. The van der Waals surface area contributed by atoms with Crippen LogP contribution in [0.25, 0.3) is 5.57 Å². The van der Waals surface area contributed by atoms with Gasteiger partial charge in [-0.15, -0.1) is 0 Å². The molecule has 26 heavy (non-hydrogen) atoms. The average molecular weight is 381 g/mol. The highest BCUT2D eigenvalue weighted by Gasteiger charge is 2.45. The summed E-state index contributed by atoms with van der Waals surface area (Å²) in [7, 11) is 0.